The Kier molecular flexibility index (Phi) is 3.10. The fourth-order valence-corrected chi connectivity index (χ4v) is 2.09. The van der Waals surface area contributed by atoms with Gasteiger partial charge in [0.15, 0.2) is 5.78 Å². The van der Waals surface area contributed by atoms with Crippen molar-refractivity contribution < 1.29 is 4.79 Å². The van der Waals surface area contributed by atoms with Crippen LogP contribution in [0, 0.1) is 20.8 Å². The zero-order valence-corrected chi connectivity index (χ0v) is 10.4. The second kappa shape index (κ2) is 4.54. The minimum atomic E-state index is 0.106. The zero-order chi connectivity index (χ0) is 12.4. The van der Waals surface area contributed by atoms with Crippen LogP contribution in [0.3, 0.4) is 0 Å². The smallest absolute Gasteiger partial charge is 0.193 e. The Morgan fingerprint density at radius 2 is 1.47 bits per heavy atom. The minimum absolute atomic E-state index is 0.106. The first-order valence-electron chi connectivity index (χ1n) is 5.76. The number of carbonyl (C=O) groups excluding carboxylic acids is 1. The molecule has 0 heterocycles. The van der Waals surface area contributed by atoms with Gasteiger partial charge in [-0.25, -0.2) is 0 Å². The molecule has 0 atom stereocenters. The molecule has 0 amide bonds. The highest BCUT2D eigenvalue weighted by Gasteiger charge is 2.11. The minimum Gasteiger partial charge on any atom is -0.289 e. The zero-order valence-electron chi connectivity index (χ0n) is 10.4. The van der Waals surface area contributed by atoms with Crippen molar-refractivity contribution >= 4 is 5.78 Å². The first-order chi connectivity index (χ1) is 8.08. The summed E-state index contributed by atoms with van der Waals surface area (Å²) in [5.41, 5.74) is 4.84. The predicted octanol–water partition coefficient (Wildman–Crippen LogP) is 3.84. The lowest BCUT2D eigenvalue weighted by atomic mass is 9.97. The first kappa shape index (κ1) is 11.6. The molecule has 0 bridgehead atoms. The molecule has 0 saturated carbocycles. The van der Waals surface area contributed by atoms with Gasteiger partial charge >= 0.3 is 0 Å². The second-order valence-corrected chi connectivity index (χ2v) is 4.52. The summed E-state index contributed by atoms with van der Waals surface area (Å²) < 4.78 is 0. The standard InChI is InChI=1S/C16H16O/c1-11-8-12(2)10-14(9-11)16(17)15-7-5-4-6-13(15)3/h4-10H,1-3H3. The quantitative estimate of drug-likeness (QED) is 0.708. The van der Waals surface area contributed by atoms with Gasteiger partial charge in [-0.1, -0.05) is 41.5 Å². The normalized spacial score (nSPS) is 10.3. The van der Waals surface area contributed by atoms with E-state index >= 15 is 0 Å². The SMILES string of the molecule is Cc1cc(C)cc(C(=O)c2ccccc2C)c1. The molecule has 0 N–H and O–H groups in total. The van der Waals surface area contributed by atoms with Gasteiger partial charge in [0.1, 0.15) is 0 Å². The molecule has 0 aliphatic carbocycles. The van der Waals surface area contributed by atoms with Gasteiger partial charge in [0.2, 0.25) is 0 Å². The highest BCUT2D eigenvalue weighted by atomic mass is 16.1. The molecule has 17 heavy (non-hydrogen) atoms. The van der Waals surface area contributed by atoms with E-state index in [0.717, 1.165) is 27.8 Å². The van der Waals surface area contributed by atoms with Crippen LogP contribution in [0.25, 0.3) is 0 Å². The Morgan fingerprint density at radius 3 is 2.06 bits per heavy atom. The van der Waals surface area contributed by atoms with Gasteiger partial charge in [-0.3, -0.25) is 4.79 Å². The van der Waals surface area contributed by atoms with Crippen LogP contribution in [0.2, 0.25) is 0 Å². The molecule has 2 aromatic carbocycles. The molecule has 0 saturated heterocycles. The van der Waals surface area contributed by atoms with Gasteiger partial charge in [0.05, 0.1) is 0 Å². The van der Waals surface area contributed by atoms with Gasteiger partial charge in [-0.15, -0.1) is 0 Å². The van der Waals surface area contributed by atoms with Crippen molar-refractivity contribution in [2.45, 2.75) is 20.8 Å². The van der Waals surface area contributed by atoms with E-state index in [0.29, 0.717) is 0 Å². The molecule has 0 spiro atoms. The molecule has 0 aromatic heterocycles. The fraction of sp³-hybridized carbons (Fsp3) is 0.188. The number of carbonyl (C=O) groups is 1. The van der Waals surface area contributed by atoms with Gasteiger partial charge < -0.3 is 0 Å². The third-order valence-electron chi connectivity index (χ3n) is 2.87. The van der Waals surface area contributed by atoms with Crippen molar-refractivity contribution in [2.75, 3.05) is 0 Å². The van der Waals surface area contributed by atoms with Crippen molar-refractivity contribution in [1.29, 1.82) is 0 Å². The largest absolute Gasteiger partial charge is 0.289 e. The van der Waals surface area contributed by atoms with E-state index in [9.17, 15) is 4.79 Å². The summed E-state index contributed by atoms with van der Waals surface area (Å²) in [7, 11) is 0. The Bertz CT molecular complexity index is 547. The molecular formula is C16H16O. The van der Waals surface area contributed by atoms with Gasteiger partial charge in [-0.2, -0.15) is 0 Å². The van der Waals surface area contributed by atoms with E-state index in [1.807, 2.05) is 57.2 Å². The van der Waals surface area contributed by atoms with Crippen LogP contribution < -0.4 is 0 Å². The molecule has 0 aliphatic rings. The molecule has 1 heteroatoms. The number of hydrogen-bond acceptors (Lipinski definition) is 1. The van der Waals surface area contributed by atoms with Crippen LogP contribution in [0.1, 0.15) is 32.6 Å². The summed E-state index contributed by atoms with van der Waals surface area (Å²) in [5.74, 6) is 0.106. The van der Waals surface area contributed by atoms with Crippen LogP contribution in [-0.4, -0.2) is 5.78 Å². The van der Waals surface area contributed by atoms with E-state index in [1.54, 1.807) is 0 Å². The highest BCUT2D eigenvalue weighted by Crippen LogP contribution is 2.16. The third-order valence-corrected chi connectivity index (χ3v) is 2.87. The van der Waals surface area contributed by atoms with E-state index in [4.69, 9.17) is 0 Å². The van der Waals surface area contributed by atoms with Crippen LogP contribution in [-0.2, 0) is 0 Å². The lowest BCUT2D eigenvalue weighted by Crippen LogP contribution is -2.04. The molecule has 0 unspecified atom stereocenters. The van der Waals surface area contributed by atoms with Gasteiger partial charge in [0, 0.05) is 11.1 Å². The molecule has 1 nitrogen and oxygen atoms in total. The van der Waals surface area contributed by atoms with E-state index in [-0.39, 0.29) is 5.78 Å². The predicted molar refractivity (Wildman–Crippen MR) is 70.5 cm³/mol. The molecule has 2 rings (SSSR count). The van der Waals surface area contributed by atoms with Crippen molar-refractivity contribution in [2.24, 2.45) is 0 Å². The summed E-state index contributed by atoms with van der Waals surface area (Å²) >= 11 is 0. The summed E-state index contributed by atoms with van der Waals surface area (Å²) in [6.45, 7) is 6.00. The summed E-state index contributed by atoms with van der Waals surface area (Å²) in [4.78, 5) is 12.4. The fourth-order valence-electron chi connectivity index (χ4n) is 2.09. The lowest BCUT2D eigenvalue weighted by Gasteiger charge is -2.06. The van der Waals surface area contributed by atoms with Crippen molar-refractivity contribution in [3.63, 3.8) is 0 Å². The number of ketones is 1. The van der Waals surface area contributed by atoms with Gasteiger partial charge in [-0.05, 0) is 38.5 Å². The molecule has 0 aliphatic heterocycles. The number of rotatable bonds is 2. The van der Waals surface area contributed by atoms with E-state index in [2.05, 4.69) is 6.07 Å². The number of hydrogen-bond donors (Lipinski definition) is 0. The topological polar surface area (TPSA) is 17.1 Å². The Balaban J connectivity index is 2.48. The maximum Gasteiger partial charge on any atom is 0.193 e. The highest BCUT2D eigenvalue weighted by molar-refractivity contribution is 6.10. The Labute approximate surface area is 102 Å². The Morgan fingerprint density at radius 1 is 0.882 bits per heavy atom. The molecular weight excluding hydrogens is 208 g/mol. The molecule has 2 aromatic rings. The average molecular weight is 224 g/mol. The molecule has 86 valence electrons. The van der Waals surface area contributed by atoms with Crippen molar-refractivity contribution in [1.82, 2.24) is 0 Å². The monoisotopic (exact) mass is 224 g/mol. The first-order valence-corrected chi connectivity index (χ1v) is 5.76. The van der Waals surface area contributed by atoms with Crippen LogP contribution in [0.4, 0.5) is 0 Å². The van der Waals surface area contributed by atoms with Gasteiger partial charge in [0.25, 0.3) is 0 Å². The van der Waals surface area contributed by atoms with Crippen molar-refractivity contribution in [3.8, 4) is 0 Å². The molecule has 0 radical (unpaired) electrons. The Hall–Kier alpha value is -1.89. The van der Waals surface area contributed by atoms with Crippen LogP contribution in [0.5, 0.6) is 0 Å². The summed E-state index contributed by atoms with van der Waals surface area (Å²) in [5, 5.41) is 0. The van der Waals surface area contributed by atoms with Crippen molar-refractivity contribution in [3.05, 3.63) is 70.3 Å². The summed E-state index contributed by atoms with van der Waals surface area (Å²) in [6, 6.07) is 13.7. The average Bonchev–Trinajstić information content (AvgIpc) is 2.27. The second-order valence-electron chi connectivity index (χ2n) is 4.52. The molecule has 0 fully saturated rings. The maximum atomic E-state index is 12.4. The number of benzene rings is 2. The van der Waals surface area contributed by atoms with E-state index in [1.165, 1.54) is 0 Å². The lowest BCUT2D eigenvalue weighted by molar-refractivity contribution is 0.103. The van der Waals surface area contributed by atoms with Crippen LogP contribution in [0.15, 0.2) is 42.5 Å². The number of aryl methyl sites for hydroxylation is 3. The summed E-state index contributed by atoms with van der Waals surface area (Å²) in [6.07, 6.45) is 0. The van der Waals surface area contributed by atoms with E-state index < -0.39 is 0 Å². The maximum absolute atomic E-state index is 12.4. The third kappa shape index (κ3) is 2.44. The van der Waals surface area contributed by atoms with Crippen LogP contribution >= 0.6 is 0 Å².